The van der Waals surface area contributed by atoms with E-state index < -0.39 is 23.4 Å². The van der Waals surface area contributed by atoms with Crippen LogP contribution in [0.15, 0.2) is 27.4 Å². The molecule has 116 valence electrons. The fourth-order valence-corrected chi connectivity index (χ4v) is 2.27. The lowest BCUT2D eigenvalue weighted by atomic mass is 9.96. The number of Topliss-reactive ketones (excluding diaryl/α,β-unsaturated/α-hetero) is 1. The zero-order valence-corrected chi connectivity index (χ0v) is 12.1. The van der Waals surface area contributed by atoms with Crippen molar-refractivity contribution >= 4 is 28.3 Å². The Morgan fingerprint density at radius 2 is 2.00 bits per heavy atom. The van der Waals surface area contributed by atoms with E-state index in [1.807, 2.05) is 0 Å². The Kier molecular flexibility index (Phi) is 4.27. The second-order valence-electron chi connectivity index (χ2n) is 5.12. The van der Waals surface area contributed by atoms with Crippen LogP contribution < -0.4 is 22.8 Å². The van der Waals surface area contributed by atoms with Crippen LogP contribution >= 0.6 is 0 Å². The van der Waals surface area contributed by atoms with Gasteiger partial charge in [0.25, 0.3) is 0 Å². The number of ketones is 1. The summed E-state index contributed by atoms with van der Waals surface area (Å²) >= 11 is 0. The number of primary amides is 1. The van der Waals surface area contributed by atoms with Gasteiger partial charge in [0.2, 0.25) is 5.91 Å². The third-order valence-electron chi connectivity index (χ3n) is 3.48. The first-order chi connectivity index (χ1) is 10.3. The molecule has 0 spiro atoms. The minimum Gasteiger partial charge on any atom is -0.422 e. The van der Waals surface area contributed by atoms with E-state index in [0.29, 0.717) is 22.2 Å². The molecule has 0 fully saturated rings. The number of carbonyl (C=O) groups is 2. The third-order valence-corrected chi connectivity index (χ3v) is 3.48. The van der Waals surface area contributed by atoms with Gasteiger partial charge in [-0.1, -0.05) is 0 Å². The maximum Gasteiger partial charge on any atom is 0.347 e. The van der Waals surface area contributed by atoms with Crippen molar-refractivity contribution in [3.8, 4) is 0 Å². The molecule has 0 aliphatic heterocycles. The first kappa shape index (κ1) is 15.7. The average molecular weight is 303 g/mol. The lowest BCUT2D eigenvalue weighted by Crippen LogP contribution is -2.35. The van der Waals surface area contributed by atoms with Crippen molar-refractivity contribution in [1.82, 2.24) is 0 Å². The smallest absolute Gasteiger partial charge is 0.347 e. The lowest BCUT2D eigenvalue weighted by molar-refractivity contribution is -0.118. The largest absolute Gasteiger partial charge is 0.422 e. The molecule has 6 N–H and O–H groups in total. The molecular weight excluding hydrogens is 286 g/mol. The molecule has 0 bridgehead atoms. The van der Waals surface area contributed by atoms with E-state index in [0.717, 1.165) is 0 Å². The Hall–Kier alpha value is -2.67. The van der Waals surface area contributed by atoms with Gasteiger partial charge < -0.3 is 21.6 Å². The zero-order chi connectivity index (χ0) is 16.4. The summed E-state index contributed by atoms with van der Waals surface area (Å²) in [5.74, 6) is -1.12. The molecule has 0 aliphatic rings. The highest BCUT2D eigenvalue weighted by Gasteiger charge is 2.24. The number of hydrogen-bond donors (Lipinski definition) is 3. The summed E-state index contributed by atoms with van der Waals surface area (Å²) in [6, 6.07) is 3.86. The van der Waals surface area contributed by atoms with Gasteiger partial charge in [-0.05, 0) is 31.0 Å². The van der Waals surface area contributed by atoms with E-state index in [-0.39, 0.29) is 18.4 Å². The molecule has 0 saturated heterocycles. The van der Waals surface area contributed by atoms with Gasteiger partial charge in [-0.25, -0.2) is 4.79 Å². The van der Waals surface area contributed by atoms with E-state index in [9.17, 15) is 14.4 Å². The highest BCUT2D eigenvalue weighted by molar-refractivity contribution is 6.04. The van der Waals surface area contributed by atoms with Gasteiger partial charge in [-0.2, -0.15) is 0 Å². The van der Waals surface area contributed by atoms with Crippen LogP contribution in [-0.4, -0.2) is 17.7 Å². The molecule has 1 unspecified atom stereocenters. The van der Waals surface area contributed by atoms with Crippen LogP contribution in [0.1, 0.15) is 28.8 Å². The summed E-state index contributed by atoms with van der Waals surface area (Å²) in [4.78, 5) is 35.2. The maximum atomic E-state index is 12.3. The highest BCUT2D eigenvalue weighted by atomic mass is 16.4. The summed E-state index contributed by atoms with van der Waals surface area (Å²) in [5.41, 5.74) is 16.8. The van der Waals surface area contributed by atoms with Crippen LogP contribution in [0.4, 0.5) is 5.69 Å². The normalized spacial score (nSPS) is 12.3. The maximum absolute atomic E-state index is 12.3. The molecule has 22 heavy (non-hydrogen) atoms. The van der Waals surface area contributed by atoms with Crippen molar-refractivity contribution in [1.29, 1.82) is 0 Å². The molecule has 1 atom stereocenters. The minimum absolute atomic E-state index is 0.0264. The van der Waals surface area contributed by atoms with Crippen LogP contribution in [0.5, 0.6) is 0 Å². The Bertz CT molecular complexity index is 810. The molecule has 0 aliphatic carbocycles. The Balaban J connectivity index is 2.47. The fraction of sp³-hybridized carbons (Fsp3) is 0.267. The van der Waals surface area contributed by atoms with Gasteiger partial charge in [0.1, 0.15) is 11.1 Å². The summed E-state index contributed by atoms with van der Waals surface area (Å²) in [6.07, 6.45) is 0.0498. The predicted octanol–water partition coefficient (Wildman–Crippen LogP) is 0.459. The topological polar surface area (TPSA) is 142 Å². The second-order valence-corrected chi connectivity index (χ2v) is 5.12. The number of benzene rings is 1. The van der Waals surface area contributed by atoms with E-state index in [1.165, 1.54) is 6.07 Å². The number of carbonyl (C=O) groups excluding carboxylic acids is 2. The number of amides is 1. The number of hydrogen-bond acceptors (Lipinski definition) is 6. The summed E-state index contributed by atoms with van der Waals surface area (Å²) in [5, 5.41) is 0.610. The van der Waals surface area contributed by atoms with E-state index >= 15 is 0 Å². The van der Waals surface area contributed by atoms with E-state index in [1.54, 1.807) is 19.1 Å². The zero-order valence-electron chi connectivity index (χ0n) is 12.1. The average Bonchev–Trinajstić information content (AvgIpc) is 2.43. The number of nitrogen functional groups attached to an aromatic ring is 1. The Labute approximate surface area is 126 Å². The molecule has 2 rings (SSSR count). The van der Waals surface area contributed by atoms with Gasteiger partial charge in [0.15, 0.2) is 5.78 Å². The van der Waals surface area contributed by atoms with Crippen molar-refractivity contribution < 1.29 is 14.0 Å². The van der Waals surface area contributed by atoms with Crippen LogP contribution in [0.3, 0.4) is 0 Å². The van der Waals surface area contributed by atoms with E-state index in [2.05, 4.69) is 0 Å². The molecule has 7 heteroatoms. The van der Waals surface area contributed by atoms with Crippen LogP contribution in [0, 0.1) is 6.92 Å². The number of rotatable bonds is 5. The lowest BCUT2D eigenvalue weighted by Gasteiger charge is -2.12. The molecule has 1 amide bonds. The van der Waals surface area contributed by atoms with Gasteiger partial charge in [0.05, 0.1) is 6.04 Å². The van der Waals surface area contributed by atoms with Crippen LogP contribution in [0.25, 0.3) is 11.0 Å². The molecule has 2 aromatic rings. The van der Waals surface area contributed by atoms with Crippen LogP contribution in [0.2, 0.25) is 0 Å². The van der Waals surface area contributed by atoms with Gasteiger partial charge >= 0.3 is 5.63 Å². The molecule has 7 nitrogen and oxygen atoms in total. The number of aryl methyl sites for hydroxylation is 1. The molecule has 1 aromatic carbocycles. The summed E-state index contributed by atoms with van der Waals surface area (Å²) in [7, 11) is 0. The molecular formula is C15H17N3O4. The van der Waals surface area contributed by atoms with Gasteiger partial charge in [0, 0.05) is 23.6 Å². The van der Waals surface area contributed by atoms with Gasteiger partial charge in [-0.3, -0.25) is 9.59 Å². The molecule has 0 radical (unpaired) electrons. The quantitative estimate of drug-likeness (QED) is 0.416. The molecule has 1 heterocycles. The van der Waals surface area contributed by atoms with Gasteiger partial charge in [-0.15, -0.1) is 0 Å². The first-order valence-electron chi connectivity index (χ1n) is 6.72. The highest BCUT2D eigenvalue weighted by Crippen LogP contribution is 2.22. The standard InChI is InChI=1S/C15H17N3O4/c1-7-9-3-2-8(16)6-11(9)22-15(21)13(7)14(20)10(17)4-5-12(18)19/h2-3,6,10H,4-5,16-17H2,1H3,(H2,18,19). The Morgan fingerprint density at radius 3 is 2.64 bits per heavy atom. The first-order valence-corrected chi connectivity index (χ1v) is 6.72. The minimum atomic E-state index is -0.986. The number of anilines is 1. The third kappa shape index (κ3) is 2.99. The number of nitrogens with two attached hydrogens (primary N) is 3. The van der Waals surface area contributed by atoms with Crippen molar-refractivity contribution in [2.75, 3.05) is 5.73 Å². The molecule has 0 saturated carbocycles. The van der Waals surface area contributed by atoms with E-state index in [4.69, 9.17) is 21.6 Å². The van der Waals surface area contributed by atoms with Crippen LogP contribution in [-0.2, 0) is 4.79 Å². The predicted molar refractivity (Wildman–Crippen MR) is 82.4 cm³/mol. The van der Waals surface area contributed by atoms with Crippen molar-refractivity contribution in [3.63, 3.8) is 0 Å². The van der Waals surface area contributed by atoms with Crippen molar-refractivity contribution in [2.24, 2.45) is 11.5 Å². The number of fused-ring (bicyclic) bond motifs is 1. The van der Waals surface area contributed by atoms with Crippen molar-refractivity contribution in [3.05, 3.63) is 39.7 Å². The second kappa shape index (κ2) is 5.98. The van der Waals surface area contributed by atoms with Crippen molar-refractivity contribution in [2.45, 2.75) is 25.8 Å². The monoisotopic (exact) mass is 303 g/mol. The SMILES string of the molecule is Cc1c(C(=O)C(N)CCC(N)=O)c(=O)oc2cc(N)ccc12. The summed E-state index contributed by atoms with van der Waals surface area (Å²) in [6.45, 7) is 1.64. The Morgan fingerprint density at radius 1 is 1.32 bits per heavy atom. The fourth-order valence-electron chi connectivity index (χ4n) is 2.27. The molecule has 1 aromatic heterocycles. The summed E-state index contributed by atoms with van der Waals surface area (Å²) < 4.78 is 5.15.